The Hall–Kier alpha value is -1.35. The second-order valence-corrected chi connectivity index (χ2v) is 5.43. The van der Waals surface area contributed by atoms with Gasteiger partial charge in [-0.25, -0.2) is 0 Å². The summed E-state index contributed by atoms with van der Waals surface area (Å²) in [5.74, 6) is 0.681. The van der Waals surface area contributed by atoms with E-state index in [1.165, 1.54) is 5.56 Å². The Balaban J connectivity index is 1.66. The minimum absolute atomic E-state index is 0.175. The Kier molecular flexibility index (Phi) is 3.08. The predicted octanol–water partition coefficient (Wildman–Crippen LogP) is 1.77. The van der Waals surface area contributed by atoms with Gasteiger partial charge in [-0.1, -0.05) is 30.3 Å². The van der Waals surface area contributed by atoms with Gasteiger partial charge in [0.05, 0.1) is 6.10 Å². The van der Waals surface area contributed by atoms with Gasteiger partial charge in [0.15, 0.2) is 0 Å². The Morgan fingerprint density at radius 1 is 1.17 bits per heavy atom. The first-order valence-corrected chi connectivity index (χ1v) is 6.77. The Labute approximate surface area is 107 Å². The summed E-state index contributed by atoms with van der Waals surface area (Å²) in [5.41, 5.74) is 1.18. The third kappa shape index (κ3) is 2.27. The van der Waals surface area contributed by atoms with Gasteiger partial charge in [-0.05, 0) is 24.8 Å². The van der Waals surface area contributed by atoms with E-state index in [1.54, 1.807) is 0 Å². The van der Waals surface area contributed by atoms with Crippen LogP contribution >= 0.6 is 0 Å². The molecule has 1 heterocycles. The number of hydrogen-bond donors (Lipinski definition) is 1. The Bertz CT molecular complexity index is 427. The lowest BCUT2D eigenvalue weighted by Gasteiger charge is -2.36. The van der Waals surface area contributed by atoms with Crippen LogP contribution in [0.5, 0.6) is 0 Å². The van der Waals surface area contributed by atoms with Crippen LogP contribution in [0, 0.1) is 5.92 Å². The zero-order chi connectivity index (χ0) is 12.5. The number of carbonyl (C=O) groups excluding carboxylic acids is 1. The Morgan fingerprint density at radius 3 is 2.50 bits per heavy atom. The van der Waals surface area contributed by atoms with Gasteiger partial charge in [0.1, 0.15) is 0 Å². The molecule has 18 heavy (non-hydrogen) atoms. The molecule has 1 aliphatic heterocycles. The van der Waals surface area contributed by atoms with Crippen molar-refractivity contribution in [2.45, 2.75) is 31.3 Å². The highest BCUT2D eigenvalue weighted by molar-refractivity contribution is 5.81. The van der Waals surface area contributed by atoms with E-state index in [1.807, 2.05) is 23.1 Å². The number of likely N-dealkylation sites (tertiary alicyclic amines) is 1. The smallest absolute Gasteiger partial charge is 0.225 e. The molecule has 1 aromatic carbocycles. The van der Waals surface area contributed by atoms with Crippen molar-refractivity contribution in [2.24, 2.45) is 5.92 Å². The number of β-amino-alcohol motifs (C(OH)–C–C–N with tert-alkyl or cyclic N) is 1. The van der Waals surface area contributed by atoms with Crippen molar-refractivity contribution in [1.29, 1.82) is 0 Å². The topological polar surface area (TPSA) is 40.5 Å². The summed E-state index contributed by atoms with van der Waals surface area (Å²) in [7, 11) is 0. The third-order valence-electron chi connectivity index (χ3n) is 4.05. The summed E-state index contributed by atoms with van der Waals surface area (Å²) in [6, 6.07) is 10.1. The number of nitrogens with zero attached hydrogens (tertiary/aromatic N) is 1. The fourth-order valence-corrected chi connectivity index (χ4v) is 2.81. The van der Waals surface area contributed by atoms with Crippen LogP contribution in [0.4, 0.5) is 0 Å². The van der Waals surface area contributed by atoms with Gasteiger partial charge in [-0.2, -0.15) is 0 Å². The SMILES string of the molecule is O=C(C1CC1)N1CC[C@H](c2ccccc2)[C@H](O)C1. The molecule has 0 unspecified atom stereocenters. The molecule has 1 amide bonds. The molecule has 0 aromatic heterocycles. The van der Waals surface area contributed by atoms with Crippen molar-refractivity contribution in [2.75, 3.05) is 13.1 Å². The average molecular weight is 245 g/mol. The van der Waals surface area contributed by atoms with E-state index in [4.69, 9.17) is 0 Å². The van der Waals surface area contributed by atoms with Crippen LogP contribution in [-0.4, -0.2) is 35.1 Å². The summed E-state index contributed by atoms with van der Waals surface area (Å²) >= 11 is 0. The molecule has 96 valence electrons. The van der Waals surface area contributed by atoms with Crippen LogP contribution < -0.4 is 0 Å². The number of hydrogen-bond acceptors (Lipinski definition) is 2. The van der Waals surface area contributed by atoms with E-state index >= 15 is 0 Å². The van der Waals surface area contributed by atoms with E-state index in [-0.39, 0.29) is 17.7 Å². The molecule has 3 heteroatoms. The monoisotopic (exact) mass is 245 g/mol. The lowest BCUT2D eigenvalue weighted by Crippen LogP contribution is -2.46. The Morgan fingerprint density at radius 2 is 1.89 bits per heavy atom. The normalized spacial score (nSPS) is 28.2. The van der Waals surface area contributed by atoms with Crippen molar-refractivity contribution in [3.63, 3.8) is 0 Å². The summed E-state index contributed by atoms with van der Waals surface area (Å²) in [5, 5.41) is 10.2. The van der Waals surface area contributed by atoms with E-state index in [0.717, 1.165) is 25.8 Å². The molecule has 2 aliphatic rings. The maximum Gasteiger partial charge on any atom is 0.225 e. The molecule has 1 N–H and O–H groups in total. The molecule has 2 atom stereocenters. The third-order valence-corrected chi connectivity index (χ3v) is 4.05. The lowest BCUT2D eigenvalue weighted by atomic mass is 9.87. The number of aliphatic hydroxyl groups is 1. The molecule has 1 aromatic rings. The number of piperidine rings is 1. The molecular weight excluding hydrogens is 226 g/mol. The van der Waals surface area contributed by atoms with Crippen LogP contribution in [0.25, 0.3) is 0 Å². The van der Waals surface area contributed by atoms with Crippen LogP contribution in [0.3, 0.4) is 0 Å². The molecule has 1 aliphatic carbocycles. The van der Waals surface area contributed by atoms with Gasteiger partial charge in [0.2, 0.25) is 5.91 Å². The molecule has 3 rings (SSSR count). The van der Waals surface area contributed by atoms with E-state index in [9.17, 15) is 9.90 Å². The minimum Gasteiger partial charge on any atom is -0.391 e. The van der Waals surface area contributed by atoms with Crippen LogP contribution in [-0.2, 0) is 4.79 Å². The first-order chi connectivity index (χ1) is 8.75. The number of rotatable bonds is 2. The van der Waals surface area contributed by atoms with Gasteiger partial charge < -0.3 is 10.0 Å². The quantitative estimate of drug-likeness (QED) is 0.862. The second kappa shape index (κ2) is 4.73. The van der Waals surface area contributed by atoms with E-state index in [0.29, 0.717) is 6.54 Å². The zero-order valence-electron chi connectivity index (χ0n) is 10.5. The maximum absolute atomic E-state index is 12.0. The highest BCUT2D eigenvalue weighted by Gasteiger charge is 2.37. The molecule has 1 saturated heterocycles. The maximum atomic E-state index is 12.0. The van der Waals surface area contributed by atoms with Gasteiger partial charge in [-0.3, -0.25) is 4.79 Å². The summed E-state index contributed by atoms with van der Waals surface area (Å²) in [6.07, 6.45) is 2.51. The summed E-state index contributed by atoms with van der Waals surface area (Å²) < 4.78 is 0. The fraction of sp³-hybridized carbons (Fsp3) is 0.533. The highest BCUT2D eigenvalue weighted by Crippen LogP contribution is 2.34. The van der Waals surface area contributed by atoms with Crippen molar-refractivity contribution in [3.8, 4) is 0 Å². The van der Waals surface area contributed by atoms with E-state index in [2.05, 4.69) is 12.1 Å². The molecule has 2 fully saturated rings. The minimum atomic E-state index is -0.427. The predicted molar refractivity (Wildman–Crippen MR) is 69.1 cm³/mol. The molecular formula is C15H19NO2. The molecule has 3 nitrogen and oxygen atoms in total. The van der Waals surface area contributed by atoms with Gasteiger partial charge in [0.25, 0.3) is 0 Å². The van der Waals surface area contributed by atoms with E-state index < -0.39 is 6.10 Å². The van der Waals surface area contributed by atoms with Crippen molar-refractivity contribution >= 4 is 5.91 Å². The molecule has 0 spiro atoms. The van der Waals surface area contributed by atoms with Crippen molar-refractivity contribution in [3.05, 3.63) is 35.9 Å². The lowest BCUT2D eigenvalue weighted by molar-refractivity contribution is -0.136. The molecule has 0 radical (unpaired) electrons. The van der Waals surface area contributed by atoms with Crippen LogP contribution in [0.1, 0.15) is 30.7 Å². The van der Waals surface area contributed by atoms with Gasteiger partial charge in [0, 0.05) is 24.9 Å². The standard InChI is InChI=1S/C15H19NO2/c17-14-10-16(15(18)12-6-7-12)9-8-13(14)11-4-2-1-3-5-11/h1-5,12-14,17H,6-10H2/t13-,14-/m1/s1. The molecule has 0 bridgehead atoms. The van der Waals surface area contributed by atoms with Crippen LogP contribution in [0.15, 0.2) is 30.3 Å². The average Bonchev–Trinajstić information content (AvgIpc) is 3.23. The van der Waals surface area contributed by atoms with Gasteiger partial charge in [-0.15, -0.1) is 0 Å². The summed E-state index contributed by atoms with van der Waals surface area (Å²) in [6.45, 7) is 1.28. The number of benzene rings is 1. The first kappa shape index (κ1) is 11.7. The zero-order valence-corrected chi connectivity index (χ0v) is 10.5. The first-order valence-electron chi connectivity index (χ1n) is 6.77. The number of carbonyl (C=O) groups is 1. The number of amides is 1. The number of aliphatic hydroxyl groups excluding tert-OH is 1. The summed E-state index contributed by atoms with van der Waals surface area (Å²) in [4.78, 5) is 13.8. The van der Waals surface area contributed by atoms with Crippen molar-refractivity contribution in [1.82, 2.24) is 4.90 Å². The molecule has 1 saturated carbocycles. The fourth-order valence-electron chi connectivity index (χ4n) is 2.81. The second-order valence-electron chi connectivity index (χ2n) is 5.43. The van der Waals surface area contributed by atoms with Crippen molar-refractivity contribution < 1.29 is 9.90 Å². The highest BCUT2D eigenvalue weighted by atomic mass is 16.3. The van der Waals surface area contributed by atoms with Gasteiger partial charge >= 0.3 is 0 Å². The largest absolute Gasteiger partial charge is 0.391 e. The van der Waals surface area contributed by atoms with Crippen LogP contribution in [0.2, 0.25) is 0 Å².